The number of carbonyl (C=O) groups excluding carboxylic acids is 2. The number of aliphatic hydroxyl groups excluding tert-OH is 2. The molecule has 0 heterocycles. The van der Waals surface area contributed by atoms with Crippen molar-refractivity contribution >= 4 is 11.9 Å². The lowest BCUT2D eigenvalue weighted by atomic mass is 10.0. The highest BCUT2D eigenvalue weighted by Gasteiger charge is 2.18. The molecule has 0 aliphatic carbocycles. The van der Waals surface area contributed by atoms with Crippen molar-refractivity contribution in [3.63, 3.8) is 0 Å². The van der Waals surface area contributed by atoms with Gasteiger partial charge in [-0.2, -0.15) is 0 Å². The first-order chi connectivity index (χ1) is 41.5. The molecule has 6 nitrogen and oxygen atoms in total. The van der Waals surface area contributed by atoms with E-state index in [0.29, 0.717) is 19.4 Å². The van der Waals surface area contributed by atoms with Crippen molar-refractivity contribution < 1.29 is 24.5 Å². The molecule has 0 bridgehead atoms. The summed E-state index contributed by atoms with van der Waals surface area (Å²) >= 11 is 0. The minimum absolute atomic E-state index is 0.00726. The highest BCUT2D eigenvalue weighted by molar-refractivity contribution is 5.76. The lowest BCUT2D eigenvalue weighted by Gasteiger charge is -2.20. The molecular weight excluding hydrogens is 1030 g/mol. The van der Waals surface area contributed by atoms with Crippen molar-refractivity contribution in [2.45, 2.75) is 437 Å². The summed E-state index contributed by atoms with van der Waals surface area (Å²) in [5.41, 5.74) is 0. The third-order valence-electron chi connectivity index (χ3n) is 17.9. The van der Waals surface area contributed by atoms with E-state index in [9.17, 15) is 19.8 Å². The van der Waals surface area contributed by atoms with Gasteiger partial charge in [0.05, 0.1) is 25.4 Å². The first-order valence-electron chi connectivity index (χ1n) is 38.3. The van der Waals surface area contributed by atoms with Crippen LogP contribution in [0.2, 0.25) is 0 Å². The second kappa shape index (κ2) is 73.5. The number of esters is 1. The molecule has 1 amide bonds. The number of nitrogens with one attached hydrogen (secondary N) is 1. The maximum atomic E-state index is 12.5. The van der Waals surface area contributed by atoms with Crippen LogP contribution in [-0.4, -0.2) is 47.4 Å². The number of hydrogen-bond acceptors (Lipinski definition) is 5. The third-order valence-corrected chi connectivity index (χ3v) is 17.9. The fourth-order valence-electron chi connectivity index (χ4n) is 12.1. The second-order valence-corrected chi connectivity index (χ2v) is 26.3. The van der Waals surface area contributed by atoms with Gasteiger partial charge in [-0.3, -0.25) is 9.59 Å². The molecule has 2 atom stereocenters. The number of carbonyl (C=O) groups is 2. The van der Waals surface area contributed by atoms with Gasteiger partial charge >= 0.3 is 5.97 Å². The third kappa shape index (κ3) is 69.2. The zero-order chi connectivity index (χ0) is 60.6. The van der Waals surface area contributed by atoms with Crippen LogP contribution in [0, 0.1) is 0 Å². The van der Waals surface area contributed by atoms with Gasteiger partial charge in [-0.15, -0.1) is 0 Å². The number of hydrogen-bond donors (Lipinski definition) is 3. The molecule has 0 aliphatic rings. The smallest absolute Gasteiger partial charge is 0.305 e. The van der Waals surface area contributed by atoms with Crippen LogP contribution in [0.15, 0.2) is 36.5 Å². The minimum atomic E-state index is -0.842. The van der Waals surface area contributed by atoms with Gasteiger partial charge < -0.3 is 20.3 Å². The van der Waals surface area contributed by atoms with E-state index >= 15 is 0 Å². The van der Waals surface area contributed by atoms with E-state index in [1.54, 1.807) is 6.08 Å². The molecule has 0 aromatic heterocycles. The van der Waals surface area contributed by atoms with Crippen LogP contribution in [0.1, 0.15) is 425 Å². The molecule has 0 aromatic carbocycles. The Morgan fingerprint density at radius 1 is 0.333 bits per heavy atom. The summed E-state index contributed by atoms with van der Waals surface area (Å²) in [6.45, 7) is 4.90. The van der Waals surface area contributed by atoms with Gasteiger partial charge in [0.2, 0.25) is 5.91 Å². The molecule has 0 saturated heterocycles. The molecule has 0 spiro atoms. The Bertz CT molecular complexity index is 1360. The molecule has 3 N–H and O–H groups in total. The average Bonchev–Trinajstić information content (AvgIpc) is 3.51. The molecule has 0 saturated carbocycles. The van der Waals surface area contributed by atoms with Gasteiger partial charge in [0.15, 0.2) is 0 Å². The summed E-state index contributed by atoms with van der Waals surface area (Å²) in [5, 5.41) is 23.3. The summed E-state index contributed by atoms with van der Waals surface area (Å²) in [7, 11) is 0. The predicted molar refractivity (Wildman–Crippen MR) is 370 cm³/mol. The van der Waals surface area contributed by atoms with Gasteiger partial charge in [-0.25, -0.2) is 0 Å². The van der Waals surface area contributed by atoms with Crippen molar-refractivity contribution in [1.82, 2.24) is 5.32 Å². The van der Waals surface area contributed by atoms with E-state index in [0.717, 1.165) is 51.4 Å². The topological polar surface area (TPSA) is 95.9 Å². The van der Waals surface area contributed by atoms with E-state index in [1.807, 2.05) is 6.08 Å². The van der Waals surface area contributed by atoms with E-state index in [1.165, 1.54) is 347 Å². The van der Waals surface area contributed by atoms with Crippen molar-refractivity contribution in [3.8, 4) is 0 Å². The zero-order valence-corrected chi connectivity index (χ0v) is 56.9. The number of allylic oxidation sites excluding steroid dienone is 5. The van der Waals surface area contributed by atoms with Gasteiger partial charge in [0.25, 0.3) is 0 Å². The number of unbranched alkanes of at least 4 members (excludes halogenated alkanes) is 57. The summed E-state index contributed by atoms with van der Waals surface area (Å²) in [6, 6.07) is -0.625. The van der Waals surface area contributed by atoms with Gasteiger partial charge in [-0.05, 0) is 57.8 Å². The first kappa shape index (κ1) is 82.1. The molecule has 0 radical (unpaired) electrons. The maximum Gasteiger partial charge on any atom is 0.305 e. The van der Waals surface area contributed by atoms with Crippen LogP contribution in [0.3, 0.4) is 0 Å². The van der Waals surface area contributed by atoms with Crippen LogP contribution in [-0.2, 0) is 14.3 Å². The molecule has 496 valence electrons. The highest BCUT2D eigenvalue weighted by Crippen LogP contribution is 2.20. The Hall–Kier alpha value is -1.92. The standard InChI is InChI=1S/C78H149NO5/c1-3-5-7-9-11-13-15-17-19-20-21-37-40-43-46-50-54-58-62-66-70-76(81)75(74-80)79-77(82)71-67-63-59-55-51-47-44-41-38-35-33-31-29-27-25-23-22-24-26-28-30-32-34-36-39-42-45-49-53-57-61-65-69-73-84-78(83)72-68-64-60-56-52-48-18-16-14-12-10-8-6-4-2/h10,12,16,18,66,70,75-76,80-81H,3-9,11,13-15,17,19-65,67-69,71-74H2,1-2H3,(H,79,82)/b12-10-,18-16-,70-66+. The highest BCUT2D eigenvalue weighted by atomic mass is 16.5. The quantitative estimate of drug-likeness (QED) is 0.0320. The number of rotatable bonds is 72. The van der Waals surface area contributed by atoms with Crippen LogP contribution in [0.25, 0.3) is 0 Å². The Morgan fingerprint density at radius 3 is 0.940 bits per heavy atom. The van der Waals surface area contributed by atoms with E-state index < -0.39 is 12.1 Å². The Balaban J connectivity index is 3.35. The maximum absolute atomic E-state index is 12.5. The largest absolute Gasteiger partial charge is 0.466 e. The van der Waals surface area contributed by atoms with E-state index in [4.69, 9.17) is 4.74 Å². The summed E-state index contributed by atoms with van der Waals surface area (Å²) in [6.07, 6.45) is 95.4. The molecular formula is C78H149NO5. The van der Waals surface area contributed by atoms with Gasteiger partial charge in [-0.1, -0.05) is 391 Å². The fraction of sp³-hybridized carbons (Fsp3) is 0.897. The van der Waals surface area contributed by atoms with E-state index in [2.05, 4.69) is 43.5 Å². The minimum Gasteiger partial charge on any atom is -0.466 e. The number of aliphatic hydroxyl groups is 2. The van der Waals surface area contributed by atoms with Crippen molar-refractivity contribution in [1.29, 1.82) is 0 Å². The normalized spacial score (nSPS) is 12.7. The molecule has 0 rings (SSSR count). The summed E-state index contributed by atoms with van der Waals surface area (Å²) in [5.74, 6) is -0.0518. The van der Waals surface area contributed by atoms with Crippen molar-refractivity contribution in [2.24, 2.45) is 0 Å². The second-order valence-electron chi connectivity index (χ2n) is 26.3. The predicted octanol–water partition coefficient (Wildman–Crippen LogP) is 25.0. The van der Waals surface area contributed by atoms with Crippen LogP contribution in [0.5, 0.6) is 0 Å². The van der Waals surface area contributed by atoms with Crippen LogP contribution in [0.4, 0.5) is 0 Å². The monoisotopic (exact) mass is 1180 g/mol. The molecule has 0 fully saturated rings. The molecule has 0 aromatic rings. The Morgan fingerprint density at radius 2 is 0.607 bits per heavy atom. The fourth-order valence-corrected chi connectivity index (χ4v) is 12.1. The first-order valence-corrected chi connectivity index (χ1v) is 38.3. The molecule has 6 heteroatoms. The lowest BCUT2D eigenvalue weighted by Crippen LogP contribution is -2.45. The summed E-state index contributed by atoms with van der Waals surface area (Å²) < 4.78 is 5.49. The van der Waals surface area contributed by atoms with Gasteiger partial charge in [0.1, 0.15) is 0 Å². The molecule has 84 heavy (non-hydrogen) atoms. The Labute approximate surface area is 525 Å². The zero-order valence-electron chi connectivity index (χ0n) is 56.9. The molecule has 0 aliphatic heterocycles. The van der Waals surface area contributed by atoms with Gasteiger partial charge in [0, 0.05) is 12.8 Å². The summed E-state index contributed by atoms with van der Waals surface area (Å²) in [4.78, 5) is 24.6. The average molecular weight is 1180 g/mol. The van der Waals surface area contributed by atoms with Crippen LogP contribution < -0.4 is 5.32 Å². The number of ether oxygens (including phenoxy) is 1. The number of amides is 1. The Kier molecular flexibility index (Phi) is 71.9. The molecule has 2 unspecified atom stereocenters. The lowest BCUT2D eigenvalue weighted by molar-refractivity contribution is -0.143. The SMILES string of the molecule is CCCC/C=C\C/C=C\CCCCCCCC(=O)OCCCCCCCCCCCCCCCCCCCCCCCCCCCCCCCCCCCC(=O)NC(CO)C(O)/C=C/CCCCCCCCCCCCCCCCCCCC. The van der Waals surface area contributed by atoms with Crippen LogP contribution >= 0.6 is 0 Å². The van der Waals surface area contributed by atoms with Crippen molar-refractivity contribution in [3.05, 3.63) is 36.5 Å². The van der Waals surface area contributed by atoms with E-state index in [-0.39, 0.29) is 18.5 Å². The van der Waals surface area contributed by atoms with Crippen molar-refractivity contribution in [2.75, 3.05) is 13.2 Å².